The monoisotopic (exact) mass is 560 g/mol. The summed E-state index contributed by atoms with van der Waals surface area (Å²) >= 11 is 0. The van der Waals surface area contributed by atoms with Gasteiger partial charge in [-0.3, -0.25) is 24.0 Å². The first-order valence-corrected chi connectivity index (χ1v) is 14.8. The summed E-state index contributed by atoms with van der Waals surface area (Å²) in [4.78, 5) is 39.5. The molecule has 11 nitrogen and oxygen atoms in total. The normalized spacial score (nSPS) is 14.5. The lowest BCUT2D eigenvalue weighted by Gasteiger charge is -2.34. The van der Waals surface area contributed by atoms with Gasteiger partial charge in [-0.25, -0.2) is 8.42 Å². The van der Waals surface area contributed by atoms with Gasteiger partial charge in [-0.05, 0) is 43.4 Å². The Kier molecular flexibility index (Phi) is 9.90. The number of hydrogen-bond donors (Lipinski definition) is 1. The van der Waals surface area contributed by atoms with Gasteiger partial charge in [0.25, 0.3) is 5.69 Å². The highest BCUT2D eigenvalue weighted by Gasteiger charge is 2.34. The maximum atomic E-state index is 13.9. The van der Waals surface area contributed by atoms with Gasteiger partial charge in [-0.1, -0.05) is 44.0 Å². The number of non-ortho nitro benzene ring substituents is 1. The van der Waals surface area contributed by atoms with Crippen LogP contribution >= 0.6 is 0 Å². The molecule has 0 aromatic heterocycles. The summed E-state index contributed by atoms with van der Waals surface area (Å²) in [5.41, 5.74) is 1.24. The predicted molar refractivity (Wildman–Crippen MR) is 148 cm³/mol. The standard InChI is InChI=1S/C27H36N4O7S/c1-5-23(27(33)28-21-12-8-9-13-21)29(17-20-11-7-6-10-19(20)2)26(32)18-30(39(4,36)37)24-16-22(31(34)35)14-15-25(24)38-3/h6-7,10-11,14-16,21,23H,5,8-9,12-13,17-18H2,1-4H3,(H,28,33)/t23-/m1/s1. The van der Waals surface area contributed by atoms with Gasteiger partial charge in [0.15, 0.2) is 0 Å². The molecule has 1 aliphatic carbocycles. The first-order valence-electron chi connectivity index (χ1n) is 12.9. The second-order valence-corrected chi connectivity index (χ2v) is 11.7. The van der Waals surface area contributed by atoms with E-state index < -0.39 is 33.4 Å². The molecule has 1 N–H and O–H groups in total. The number of carbonyl (C=O) groups excluding carboxylic acids is 2. The van der Waals surface area contributed by atoms with Crippen molar-refractivity contribution in [2.75, 3.05) is 24.2 Å². The maximum Gasteiger partial charge on any atom is 0.271 e. The number of carbonyl (C=O) groups is 2. The van der Waals surface area contributed by atoms with Crippen LogP contribution in [0.4, 0.5) is 11.4 Å². The summed E-state index contributed by atoms with van der Waals surface area (Å²) in [7, 11) is -2.79. The number of anilines is 1. The topological polar surface area (TPSA) is 139 Å². The minimum atomic E-state index is -4.09. The van der Waals surface area contributed by atoms with Gasteiger partial charge in [0, 0.05) is 24.7 Å². The zero-order chi connectivity index (χ0) is 28.7. The van der Waals surface area contributed by atoms with Gasteiger partial charge in [0.2, 0.25) is 21.8 Å². The van der Waals surface area contributed by atoms with E-state index in [1.54, 1.807) is 6.92 Å². The van der Waals surface area contributed by atoms with Crippen LogP contribution in [0.5, 0.6) is 5.75 Å². The third-order valence-electron chi connectivity index (χ3n) is 7.01. The van der Waals surface area contributed by atoms with Crippen LogP contribution in [0, 0.1) is 17.0 Å². The lowest BCUT2D eigenvalue weighted by molar-refractivity contribution is -0.384. The van der Waals surface area contributed by atoms with Crippen LogP contribution in [-0.4, -0.2) is 62.0 Å². The molecule has 0 spiro atoms. The molecule has 212 valence electrons. The number of nitro benzene ring substituents is 1. The Morgan fingerprint density at radius 2 is 1.85 bits per heavy atom. The molecule has 2 aromatic carbocycles. The molecular weight excluding hydrogens is 524 g/mol. The third kappa shape index (κ3) is 7.47. The van der Waals surface area contributed by atoms with E-state index in [0.717, 1.165) is 53.4 Å². The number of nitrogens with zero attached hydrogens (tertiary/aromatic N) is 3. The molecule has 0 radical (unpaired) electrons. The quantitative estimate of drug-likeness (QED) is 0.309. The van der Waals surface area contributed by atoms with Crippen LogP contribution in [0.15, 0.2) is 42.5 Å². The number of benzene rings is 2. The van der Waals surface area contributed by atoms with Crippen molar-refractivity contribution < 1.29 is 27.7 Å². The van der Waals surface area contributed by atoms with E-state index in [1.165, 1.54) is 24.1 Å². The van der Waals surface area contributed by atoms with Crippen molar-refractivity contribution in [1.82, 2.24) is 10.2 Å². The van der Waals surface area contributed by atoms with Gasteiger partial charge in [0.05, 0.1) is 18.3 Å². The number of nitrogens with one attached hydrogen (secondary N) is 1. The second kappa shape index (κ2) is 12.9. The highest BCUT2D eigenvalue weighted by Crippen LogP contribution is 2.34. The van der Waals surface area contributed by atoms with E-state index in [-0.39, 0.29) is 35.6 Å². The van der Waals surface area contributed by atoms with Crippen LogP contribution in [0.2, 0.25) is 0 Å². The van der Waals surface area contributed by atoms with E-state index in [9.17, 15) is 28.1 Å². The number of ether oxygens (including phenoxy) is 1. The average Bonchev–Trinajstić information content (AvgIpc) is 3.40. The zero-order valence-corrected chi connectivity index (χ0v) is 23.6. The van der Waals surface area contributed by atoms with Crippen LogP contribution in [-0.2, 0) is 26.2 Å². The number of rotatable bonds is 12. The Morgan fingerprint density at radius 3 is 2.41 bits per heavy atom. The Morgan fingerprint density at radius 1 is 1.18 bits per heavy atom. The molecule has 2 amide bonds. The van der Waals surface area contributed by atoms with Gasteiger partial charge in [-0.15, -0.1) is 0 Å². The van der Waals surface area contributed by atoms with Crippen molar-refractivity contribution in [3.05, 3.63) is 63.7 Å². The zero-order valence-electron chi connectivity index (χ0n) is 22.8. The van der Waals surface area contributed by atoms with Crippen LogP contribution in [0.3, 0.4) is 0 Å². The Labute approximate surface area is 229 Å². The predicted octanol–water partition coefficient (Wildman–Crippen LogP) is 3.54. The van der Waals surface area contributed by atoms with Crippen molar-refractivity contribution in [1.29, 1.82) is 0 Å². The van der Waals surface area contributed by atoms with Gasteiger partial charge < -0.3 is 15.0 Å². The van der Waals surface area contributed by atoms with Crippen LogP contribution in [0.25, 0.3) is 0 Å². The summed E-state index contributed by atoms with van der Waals surface area (Å²) < 4.78 is 31.9. The fourth-order valence-electron chi connectivity index (χ4n) is 4.84. The SMILES string of the molecule is CC[C@H](C(=O)NC1CCCC1)N(Cc1ccccc1C)C(=O)CN(c1cc([N+](=O)[O-])ccc1OC)S(C)(=O)=O. The molecule has 1 saturated carbocycles. The highest BCUT2D eigenvalue weighted by molar-refractivity contribution is 7.92. The van der Waals surface area contributed by atoms with Crippen molar-refractivity contribution in [3.8, 4) is 5.75 Å². The largest absolute Gasteiger partial charge is 0.495 e. The number of nitro groups is 1. The Bertz CT molecular complexity index is 1310. The average molecular weight is 561 g/mol. The van der Waals surface area contributed by atoms with Crippen LogP contribution < -0.4 is 14.4 Å². The van der Waals surface area contributed by atoms with E-state index in [0.29, 0.717) is 6.42 Å². The molecule has 0 unspecified atom stereocenters. The summed E-state index contributed by atoms with van der Waals surface area (Å²) in [6, 6.07) is 10.2. The molecule has 0 bridgehead atoms. The van der Waals surface area contributed by atoms with Crippen molar-refractivity contribution in [3.63, 3.8) is 0 Å². The maximum absolute atomic E-state index is 13.9. The molecule has 1 aliphatic rings. The summed E-state index contributed by atoms with van der Waals surface area (Å²) in [6.45, 7) is 3.12. The smallest absolute Gasteiger partial charge is 0.271 e. The molecule has 0 aliphatic heterocycles. The third-order valence-corrected chi connectivity index (χ3v) is 8.14. The molecule has 0 saturated heterocycles. The minimum absolute atomic E-state index is 0.0450. The molecule has 12 heteroatoms. The number of hydrogen-bond acceptors (Lipinski definition) is 7. The van der Waals surface area contributed by atoms with Gasteiger partial charge >= 0.3 is 0 Å². The fourth-order valence-corrected chi connectivity index (χ4v) is 5.68. The molecule has 39 heavy (non-hydrogen) atoms. The number of methoxy groups -OCH3 is 1. The van der Waals surface area contributed by atoms with E-state index in [1.807, 2.05) is 31.2 Å². The first-order chi connectivity index (χ1) is 18.5. The van der Waals surface area contributed by atoms with Crippen molar-refractivity contribution in [2.24, 2.45) is 0 Å². The van der Waals surface area contributed by atoms with E-state index in [2.05, 4.69) is 5.32 Å². The van der Waals surface area contributed by atoms with Gasteiger partial charge in [0.1, 0.15) is 24.0 Å². The second-order valence-electron chi connectivity index (χ2n) is 9.75. The van der Waals surface area contributed by atoms with E-state index in [4.69, 9.17) is 4.74 Å². The molecular formula is C27H36N4O7S. The number of sulfonamides is 1. The molecule has 1 fully saturated rings. The van der Waals surface area contributed by atoms with Crippen molar-refractivity contribution >= 4 is 33.2 Å². The molecule has 3 rings (SSSR count). The van der Waals surface area contributed by atoms with Gasteiger partial charge in [-0.2, -0.15) is 0 Å². The molecule has 1 atom stereocenters. The number of amides is 2. The fraction of sp³-hybridized carbons (Fsp3) is 0.481. The highest BCUT2D eigenvalue weighted by atomic mass is 32.2. The first kappa shape index (κ1) is 29.9. The lowest BCUT2D eigenvalue weighted by Crippen LogP contribution is -2.53. The molecule has 2 aromatic rings. The molecule has 0 heterocycles. The van der Waals surface area contributed by atoms with E-state index >= 15 is 0 Å². The van der Waals surface area contributed by atoms with Crippen molar-refractivity contribution in [2.45, 2.75) is 64.6 Å². The summed E-state index contributed by atoms with van der Waals surface area (Å²) in [5.74, 6) is -0.855. The number of aryl methyl sites for hydroxylation is 1. The summed E-state index contributed by atoms with van der Waals surface area (Å²) in [6.07, 6.45) is 5.04. The minimum Gasteiger partial charge on any atom is -0.495 e. The summed E-state index contributed by atoms with van der Waals surface area (Å²) in [5, 5.41) is 14.5. The Balaban J connectivity index is 2.02. The lowest BCUT2D eigenvalue weighted by atomic mass is 10.1. The Hall–Kier alpha value is -3.67. The van der Waals surface area contributed by atoms with Crippen LogP contribution in [0.1, 0.15) is 50.2 Å².